The molecule has 2 aromatic rings. The van der Waals surface area contributed by atoms with E-state index in [1.807, 2.05) is 6.07 Å². The molecule has 1 aliphatic rings. The number of hydrogen-bond donors (Lipinski definition) is 3. The molecular formula is C16H12N2O5. The van der Waals surface area contributed by atoms with E-state index >= 15 is 0 Å². The van der Waals surface area contributed by atoms with Crippen molar-refractivity contribution in [1.29, 1.82) is 5.26 Å². The monoisotopic (exact) mass is 312 g/mol. The Labute approximate surface area is 130 Å². The van der Waals surface area contributed by atoms with Gasteiger partial charge in [-0.3, -0.25) is 4.79 Å². The van der Waals surface area contributed by atoms with E-state index in [0.29, 0.717) is 5.56 Å². The van der Waals surface area contributed by atoms with Crippen molar-refractivity contribution in [3.8, 4) is 17.6 Å². The summed E-state index contributed by atoms with van der Waals surface area (Å²) in [7, 11) is 0. The molecule has 0 saturated heterocycles. The van der Waals surface area contributed by atoms with Crippen LogP contribution in [0, 0.1) is 11.3 Å². The molecule has 1 aliphatic heterocycles. The van der Waals surface area contributed by atoms with Gasteiger partial charge in [0.15, 0.2) is 5.76 Å². The second-order valence-corrected chi connectivity index (χ2v) is 4.94. The van der Waals surface area contributed by atoms with Gasteiger partial charge in [0.05, 0.1) is 5.92 Å². The number of ether oxygens (including phenoxy) is 1. The number of benzene rings is 1. The number of allylic oxidation sites excluding steroid dienone is 1. The molecule has 0 saturated carbocycles. The Bertz CT molecular complexity index is 890. The Hall–Kier alpha value is -3.24. The number of nitriles is 1. The van der Waals surface area contributed by atoms with E-state index in [0.717, 1.165) is 6.07 Å². The molecule has 0 fully saturated rings. The zero-order valence-corrected chi connectivity index (χ0v) is 11.8. The van der Waals surface area contributed by atoms with E-state index in [9.17, 15) is 20.3 Å². The minimum absolute atomic E-state index is 0.0545. The molecule has 4 N–H and O–H groups in total. The molecule has 0 bridgehead atoms. The molecule has 3 rings (SSSR count). The lowest BCUT2D eigenvalue weighted by Crippen LogP contribution is -2.25. The van der Waals surface area contributed by atoms with Gasteiger partial charge in [0.1, 0.15) is 29.8 Å². The molecular weight excluding hydrogens is 300 g/mol. The quantitative estimate of drug-likeness (QED) is 0.755. The average Bonchev–Trinajstić information content (AvgIpc) is 2.55. The number of nitrogens with two attached hydrogens (primary N) is 1. The van der Waals surface area contributed by atoms with Crippen LogP contribution in [0.4, 0.5) is 0 Å². The second-order valence-electron chi connectivity index (χ2n) is 4.94. The summed E-state index contributed by atoms with van der Waals surface area (Å²) in [5.74, 6) is -0.846. The van der Waals surface area contributed by atoms with Gasteiger partial charge in [0, 0.05) is 6.07 Å². The molecule has 1 atom stereocenters. The number of phenolic OH excluding ortho intramolecular Hbond substituents is 1. The van der Waals surface area contributed by atoms with E-state index in [-0.39, 0.29) is 34.5 Å². The van der Waals surface area contributed by atoms with Crippen molar-refractivity contribution in [2.75, 3.05) is 0 Å². The van der Waals surface area contributed by atoms with Gasteiger partial charge in [0.25, 0.3) is 0 Å². The first-order chi connectivity index (χ1) is 11.0. The SMILES string of the molecule is N#CC1=C(N)Oc2c(oc(CO)cc2=O)[C@H]1c1ccc(O)cc1. The highest BCUT2D eigenvalue weighted by atomic mass is 16.5. The zero-order valence-electron chi connectivity index (χ0n) is 11.8. The summed E-state index contributed by atoms with van der Waals surface area (Å²) in [6, 6.07) is 9.14. The maximum absolute atomic E-state index is 12.1. The van der Waals surface area contributed by atoms with Crippen molar-refractivity contribution in [2.24, 2.45) is 5.73 Å². The second kappa shape index (κ2) is 5.51. The Morgan fingerprint density at radius 2 is 2.00 bits per heavy atom. The van der Waals surface area contributed by atoms with Crippen LogP contribution in [0.1, 0.15) is 23.0 Å². The topological polar surface area (TPSA) is 130 Å². The average molecular weight is 312 g/mol. The highest BCUT2D eigenvalue weighted by Crippen LogP contribution is 2.41. The normalized spacial score (nSPS) is 16.4. The molecule has 0 spiro atoms. The predicted molar refractivity (Wildman–Crippen MR) is 78.3 cm³/mol. The number of aliphatic hydroxyl groups excluding tert-OH is 1. The first kappa shape index (κ1) is 14.7. The number of rotatable bonds is 2. The molecule has 0 radical (unpaired) electrons. The number of aromatic hydroxyl groups is 1. The van der Waals surface area contributed by atoms with Crippen LogP contribution in [-0.4, -0.2) is 10.2 Å². The van der Waals surface area contributed by atoms with E-state index in [2.05, 4.69) is 0 Å². The van der Waals surface area contributed by atoms with Crippen molar-refractivity contribution in [2.45, 2.75) is 12.5 Å². The lowest BCUT2D eigenvalue weighted by Gasteiger charge is -2.24. The van der Waals surface area contributed by atoms with Gasteiger partial charge in [-0.25, -0.2) is 0 Å². The van der Waals surface area contributed by atoms with Crippen molar-refractivity contribution < 1.29 is 19.4 Å². The summed E-state index contributed by atoms with van der Waals surface area (Å²) in [6.07, 6.45) is 0. The maximum Gasteiger partial charge on any atom is 0.228 e. The first-order valence-electron chi connectivity index (χ1n) is 6.69. The van der Waals surface area contributed by atoms with Crippen LogP contribution < -0.4 is 15.9 Å². The molecule has 7 nitrogen and oxygen atoms in total. The van der Waals surface area contributed by atoms with E-state index in [1.54, 1.807) is 12.1 Å². The van der Waals surface area contributed by atoms with Crippen LogP contribution >= 0.6 is 0 Å². The summed E-state index contributed by atoms with van der Waals surface area (Å²) in [4.78, 5) is 12.1. The third kappa shape index (κ3) is 2.41. The standard InChI is InChI=1S/C16H12N2O5/c17-6-11-13(8-1-3-9(20)4-2-8)15-14(23-16(11)18)12(21)5-10(7-19)22-15/h1-5,13,19-20H,7,18H2/t13-/m0/s1. The van der Waals surface area contributed by atoms with Crippen LogP contribution in [0.3, 0.4) is 0 Å². The summed E-state index contributed by atoms with van der Waals surface area (Å²) < 4.78 is 10.8. The van der Waals surface area contributed by atoms with Gasteiger partial charge < -0.3 is 25.1 Å². The van der Waals surface area contributed by atoms with Gasteiger partial charge in [0.2, 0.25) is 17.1 Å². The predicted octanol–water partition coefficient (Wildman–Crippen LogP) is 1.06. The summed E-state index contributed by atoms with van der Waals surface area (Å²) in [5.41, 5.74) is 5.93. The largest absolute Gasteiger partial charge is 0.508 e. The van der Waals surface area contributed by atoms with E-state index in [1.165, 1.54) is 12.1 Å². The highest BCUT2D eigenvalue weighted by Gasteiger charge is 2.35. The van der Waals surface area contributed by atoms with Gasteiger partial charge in [-0.05, 0) is 17.7 Å². The van der Waals surface area contributed by atoms with Crippen LogP contribution in [0.15, 0.2) is 51.0 Å². The van der Waals surface area contributed by atoms with Gasteiger partial charge in [-0.15, -0.1) is 0 Å². The minimum Gasteiger partial charge on any atom is -0.508 e. The molecule has 23 heavy (non-hydrogen) atoms. The highest BCUT2D eigenvalue weighted by molar-refractivity contribution is 5.52. The van der Waals surface area contributed by atoms with Crippen molar-refractivity contribution in [3.63, 3.8) is 0 Å². The van der Waals surface area contributed by atoms with Crippen LogP contribution in [-0.2, 0) is 6.61 Å². The molecule has 7 heteroatoms. The Balaban J connectivity index is 2.28. The van der Waals surface area contributed by atoms with Gasteiger partial charge >= 0.3 is 0 Å². The summed E-state index contributed by atoms with van der Waals surface area (Å²) >= 11 is 0. The van der Waals surface area contributed by atoms with Crippen molar-refractivity contribution in [3.05, 3.63) is 69.1 Å². The van der Waals surface area contributed by atoms with Crippen LogP contribution in [0.5, 0.6) is 11.5 Å². The Kier molecular flexibility index (Phi) is 3.52. The number of aliphatic hydroxyl groups is 1. The maximum atomic E-state index is 12.1. The number of phenols is 1. The van der Waals surface area contributed by atoms with Crippen LogP contribution in [0.25, 0.3) is 0 Å². The van der Waals surface area contributed by atoms with Crippen molar-refractivity contribution >= 4 is 0 Å². The molecule has 0 unspecified atom stereocenters. The summed E-state index contributed by atoms with van der Waals surface area (Å²) in [6.45, 7) is -0.466. The fourth-order valence-corrected chi connectivity index (χ4v) is 2.46. The van der Waals surface area contributed by atoms with Gasteiger partial charge in [-0.1, -0.05) is 12.1 Å². The first-order valence-corrected chi connectivity index (χ1v) is 6.69. The van der Waals surface area contributed by atoms with Crippen LogP contribution in [0.2, 0.25) is 0 Å². The van der Waals surface area contributed by atoms with Gasteiger partial charge in [-0.2, -0.15) is 5.26 Å². The fourth-order valence-electron chi connectivity index (χ4n) is 2.46. The number of nitrogens with zero attached hydrogens (tertiary/aromatic N) is 1. The van der Waals surface area contributed by atoms with Crippen molar-refractivity contribution in [1.82, 2.24) is 0 Å². The smallest absolute Gasteiger partial charge is 0.228 e. The number of fused-ring (bicyclic) bond motifs is 1. The minimum atomic E-state index is -0.761. The Morgan fingerprint density at radius 1 is 1.30 bits per heavy atom. The molecule has 2 heterocycles. The fraction of sp³-hybridized carbons (Fsp3) is 0.125. The third-order valence-electron chi connectivity index (χ3n) is 3.51. The summed E-state index contributed by atoms with van der Waals surface area (Å²) in [5, 5.41) is 28.0. The number of hydrogen-bond acceptors (Lipinski definition) is 7. The molecule has 116 valence electrons. The van der Waals surface area contributed by atoms with E-state index in [4.69, 9.17) is 14.9 Å². The lowest BCUT2D eigenvalue weighted by molar-refractivity contribution is 0.231. The Morgan fingerprint density at radius 3 is 2.61 bits per heavy atom. The molecule has 1 aromatic carbocycles. The molecule has 0 aliphatic carbocycles. The third-order valence-corrected chi connectivity index (χ3v) is 3.51. The lowest BCUT2D eigenvalue weighted by atomic mass is 9.87. The van der Waals surface area contributed by atoms with E-state index < -0.39 is 18.0 Å². The zero-order chi connectivity index (χ0) is 16.6. The molecule has 1 aromatic heterocycles. The molecule has 0 amide bonds.